The molecule has 132 valence electrons. The second-order valence-corrected chi connectivity index (χ2v) is 8.07. The lowest BCUT2D eigenvalue weighted by molar-refractivity contribution is 0.558. The summed E-state index contributed by atoms with van der Waals surface area (Å²) in [5.74, 6) is 0.188. The maximum atomic E-state index is 12.0. The molecule has 23 heavy (non-hydrogen) atoms. The van der Waals surface area contributed by atoms with Crippen molar-refractivity contribution in [2.75, 3.05) is 16.2 Å². The molecule has 0 heterocycles. The van der Waals surface area contributed by atoms with Crippen molar-refractivity contribution in [1.29, 1.82) is 0 Å². The SMILES string of the molecule is CCCCCCCCCCCCS(=O)(=O)Nc1ccc(N)cc1. The smallest absolute Gasteiger partial charge is 0.232 e. The van der Waals surface area contributed by atoms with Crippen LogP contribution in [0.1, 0.15) is 71.1 Å². The van der Waals surface area contributed by atoms with Gasteiger partial charge in [-0.1, -0.05) is 64.7 Å². The summed E-state index contributed by atoms with van der Waals surface area (Å²) in [5, 5.41) is 0. The molecule has 0 radical (unpaired) electrons. The van der Waals surface area contributed by atoms with Gasteiger partial charge in [0, 0.05) is 11.4 Å². The van der Waals surface area contributed by atoms with E-state index in [1.54, 1.807) is 24.3 Å². The molecule has 0 fully saturated rings. The van der Waals surface area contributed by atoms with Crippen LogP contribution in [0.15, 0.2) is 24.3 Å². The van der Waals surface area contributed by atoms with E-state index < -0.39 is 10.0 Å². The fraction of sp³-hybridized carbons (Fsp3) is 0.667. The third-order valence-electron chi connectivity index (χ3n) is 3.95. The Hall–Kier alpha value is -1.23. The van der Waals surface area contributed by atoms with Gasteiger partial charge in [0.1, 0.15) is 0 Å². The largest absolute Gasteiger partial charge is 0.399 e. The van der Waals surface area contributed by atoms with Gasteiger partial charge in [-0.05, 0) is 30.7 Å². The van der Waals surface area contributed by atoms with Gasteiger partial charge >= 0.3 is 0 Å². The molecule has 1 rings (SSSR count). The number of nitrogen functional groups attached to an aromatic ring is 1. The summed E-state index contributed by atoms with van der Waals surface area (Å²) in [5.41, 5.74) is 6.79. The summed E-state index contributed by atoms with van der Waals surface area (Å²) < 4.78 is 26.5. The lowest BCUT2D eigenvalue weighted by atomic mass is 10.1. The average Bonchev–Trinajstić information content (AvgIpc) is 2.51. The molecule has 0 unspecified atom stereocenters. The third kappa shape index (κ3) is 10.2. The third-order valence-corrected chi connectivity index (χ3v) is 5.32. The molecular formula is C18H32N2O2S. The molecule has 0 spiro atoms. The van der Waals surface area contributed by atoms with E-state index in [2.05, 4.69) is 11.6 Å². The van der Waals surface area contributed by atoms with Crippen LogP contribution in [0.5, 0.6) is 0 Å². The Labute approximate surface area is 141 Å². The summed E-state index contributed by atoms with van der Waals surface area (Å²) in [4.78, 5) is 0. The van der Waals surface area contributed by atoms with Crippen LogP contribution >= 0.6 is 0 Å². The molecule has 1 aromatic carbocycles. The number of anilines is 2. The summed E-state index contributed by atoms with van der Waals surface area (Å²) in [6, 6.07) is 6.76. The molecule has 0 aliphatic heterocycles. The van der Waals surface area contributed by atoms with E-state index in [0.29, 0.717) is 11.4 Å². The van der Waals surface area contributed by atoms with Crippen LogP contribution in [0.2, 0.25) is 0 Å². The number of nitrogens with two attached hydrogens (primary N) is 1. The first kappa shape index (κ1) is 19.8. The van der Waals surface area contributed by atoms with Crippen LogP contribution in [0.3, 0.4) is 0 Å². The Morgan fingerprint density at radius 3 is 1.83 bits per heavy atom. The monoisotopic (exact) mass is 340 g/mol. The van der Waals surface area contributed by atoms with Crippen LogP contribution in [0, 0.1) is 0 Å². The summed E-state index contributed by atoms with van der Waals surface area (Å²) >= 11 is 0. The van der Waals surface area contributed by atoms with E-state index in [4.69, 9.17) is 5.73 Å². The Morgan fingerprint density at radius 1 is 0.826 bits per heavy atom. The molecule has 3 N–H and O–H groups in total. The number of rotatable bonds is 13. The van der Waals surface area contributed by atoms with Crippen molar-refractivity contribution in [3.63, 3.8) is 0 Å². The molecule has 0 aliphatic rings. The minimum absolute atomic E-state index is 0.188. The molecule has 0 amide bonds. The van der Waals surface area contributed by atoms with E-state index in [1.807, 2.05) is 0 Å². The number of benzene rings is 1. The predicted octanol–water partition coefficient (Wildman–Crippen LogP) is 4.93. The molecule has 0 saturated carbocycles. The highest BCUT2D eigenvalue weighted by Gasteiger charge is 2.09. The zero-order chi connectivity index (χ0) is 17.0. The Morgan fingerprint density at radius 2 is 1.30 bits per heavy atom. The first-order valence-corrected chi connectivity index (χ1v) is 10.5. The second kappa shape index (κ2) is 11.3. The van der Waals surface area contributed by atoms with Gasteiger partial charge < -0.3 is 5.73 Å². The van der Waals surface area contributed by atoms with Gasteiger partial charge in [0.2, 0.25) is 10.0 Å². The van der Waals surface area contributed by atoms with E-state index in [-0.39, 0.29) is 5.75 Å². The van der Waals surface area contributed by atoms with Crippen LogP contribution in [-0.4, -0.2) is 14.2 Å². The van der Waals surface area contributed by atoms with Crippen molar-refractivity contribution < 1.29 is 8.42 Å². The zero-order valence-corrected chi connectivity index (χ0v) is 15.2. The van der Waals surface area contributed by atoms with E-state index in [1.165, 1.54) is 44.9 Å². The van der Waals surface area contributed by atoms with Gasteiger partial charge in [0.25, 0.3) is 0 Å². The van der Waals surface area contributed by atoms with Gasteiger partial charge in [-0.2, -0.15) is 0 Å². The molecule has 0 aliphatic carbocycles. The zero-order valence-electron chi connectivity index (χ0n) is 14.4. The highest BCUT2D eigenvalue weighted by Crippen LogP contribution is 2.14. The van der Waals surface area contributed by atoms with Crippen molar-refractivity contribution in [3.05, 3.63) is 24.3 Å². The number of unbranched alkanes of at least 4 members (excludes halogenated alkanes) is 9. The maximum absolute atomic E-state index is 12.0. The van der Waals surface area contributed by atoms with E-state index >= 15 is 0 Å². The highest BCUT2D eigenvalue weighted by molar-refractivity contribution is 7.92. The first-order chi connectivity index (χ1) is 11.0. The Balaban J connectivity index is 2.06. The molecule has 4 nitrogen and oxygen atoms in total. The predicted molar refractivity (Wildman–Crippen MR) is 100 cm³/mol. The fourth-order valence-electron chi connectivity index (χ4n) is 2.56. The van der Waals surface area contributed by atoms with E-state index in [9.17, 15) is 8.42 Å². The van der Waals surface area contributed by atoms with Crippen molar-refractivity contribution in [2.45, 2.75) is 71.1 Å². The summed E-state index contributed by atoms with van der Waals surface area (Å²) in [7, 11) is -3.25. The molecule has 0 saturated heterocycles. The molecular weight excluding hydrogens is 308 g/mol. The normalized spacial score (nSPS) is 11.5. The van der Waals surface area contributed by atoms with Crippen molar-refractivity contribution >= 4 is 21.4 Å². The van der Waals surface area contributed by atoms with Crippen molar-refractivity contribution in [1.82, 2.24) is 0 Å². The Bertz CT molecular complexity index is 512. The first-order valence-electron chi connectivity index (χ1n) is 8.89. The van der Waals surface area contributed by atoms with Crippen molar-refractivity contribution in [2.24, 2.45) is 0 Å². The lowest BCUT2D eigenvalue weighted by Crippen LogP contribution is -2.16. The van der Waals surface area contributed by atoms with Crippen LogP contribution < -0.4 is 10.5 Å². The number of sulfonamides is 1. The minimum Gasteiger partial charge on any atom is -0.399 e. The van der Waals surface area contributed by atoms with Crippen molar-refractivity contribution in [3.8, 4) is 0 Å². The highest BCUT2D eigenvalue weighted by atomic mass is 32.2. The molecule has 0 bridgehead atoms. The van der Waals surface area contributed by atoms with Crippen LogP contribution in [0.25, 0.3) is 0 Å². The molecule has 5 heteroatoms. The van der Waals surface area contributed by atoms with Gasteiger partial charge in [0.05, 0.1) is 5.75 Å². The topological polar surface area (TPSA) is 72.2 Å². The second-order valence-electron chi connectivity index (χ2n) is 6.22. The Kier molecular flexibility index (Phi) is 9.76. The van der Waals surface area contributed by atoms with Gasteiger partial charge in [-0.3, -0.25) is 4.72 Å². The number of hydrogen-bond donors (Lipinski definition) is 2. The summed E-state index contributed by atoms with van der Waals surface area (Å²) in [6.07, 6.45) is 12.0. The van der Waals surface area contributed by atoms with Gasteiger partial charge in [-0.15, -0.1) is 0 Å². The standard InChI is InChI=1S/C18H32N2O2S/c1-2-3-4-5-6-7-8-9-10-11-16-23(21,22)20-18-14-12-17(19)13-15-18/h12-15,20H,2-11,16,19H2,1H3. The van der Waals surface area contributed by atoms with Crippen LogP contribution in [-0.2, 0) is 10.0 Å². The van der Waals surface area contributed by atoms with Gasteiger partial charge in [-0.25, -0.2) is 8.42 Å². The van der Waals surface area contributed by atoms with E-state index in [0.717, 1.165) is 19.3 Å². The molecule has 0 aromatic heterocycles. The quantitative estimate of drug-likeness (QED) is 0.395. The fourth-order valence-corrected chi connectivity index (χ4v) is 3.74. The average molecular weight is 341 g/mol. The molecule has 0 atom stereocenters. The maximum Gasteiger partial charge on any atom is 0.232 e. The van der Waals surface area contributed by atoms with Crippen LogP contribution in [0.4, 0.5) is 11.4 Å². The summed E-state index contributed by atoms with van der Waals surface area (Å²) in [6.45, 7) is 2.23. The number of nitrogens with one attached hydrogen (secondary N) is 1. The lowest BCUT2D eigenvalue weighted by Gasteiger charge is -2.08. The van der Waals surface area contributed by atoms with Gasteiger partial charge in [0.15, 0.2) is 0 Å². The number of hydrogen-bond acceptors (Lipinski definition) is 3. The molecule has 1 aromatic rings. The minimum atomic E-state index is -3.25.